The number of hydrogen-bond donors (Lipinski definition) is 2. The molecule has 7 heteroatoms. The topological polar surface area (TPSA) is 79.2 Å². The summed E-state index contributed by atoms with van der Waals surface area (Å²) in [5.41, 5.74) is 6.63. The fourth-order valence-corrected chi connectivity index (χ4v) is 2.34. The van der Waals surface area contributed by atoms with E-state index in [1.54, 1.807) is 17.0 Å². The first-order valence-corrected chi connectivity index (χ1v) is 7.39. The molecule has 0 fully saturated rings. The Morgan fingerprint density at radius 3 is 2.50 bits per heavy atom. The molecular weight excluding hydrogens is 325 g/mol. The van der Waals surface area contributed by atoms with Crippen LogP contribution < -0.4 is 5.73 Å². The molecule has 0 radical (unpaired) electrons. The van der Waals surface area contributed by atoms with Crippen LogP contribution in [0.1, 0.15) is 33.3 Å². The average molecular weight is 340 g/mol. The molecule has 3 N–H and O–H groups in total. The molecule has 5 nitrogen and oxygen atoms in total. The Labute approximate surface area is 138 Å². The van der Waals surface area contributed by atoms with Crippen LogP contribution in [0.15, 0.2) is 30.5 Å². The maximum absolute atomic E-state index is 12.5. The molecule has 0 atom stereocenters. The molecule has 2 aromatic rings. The van der Waals surface area contributed by atoms with Crippen molar-refractivity contribution in [2.45, 2.75) is 13.5 Å². The fourth-order valence-electron chi connectivity index (χ4n) is 2.02. The Hall–Kier alpha value is -1.98. The van der Waals surface area contributed by atoms with Crippen LogP contribution in [0, 0.1) is 0 Å². The number of aromatic nitrogens is 1. The molecule has 0 unspecified atom stereocenters. The molecule has 1 aromatic carbocycles. The number of carbonyl (C=O) groups is 2. The van der Waals surface area contributed by atoms with Crippen LogP contribution in [0.2, 0.25) is 10.0 Å². The van der Waals surface area contributed by atoms with Crippen LogP contribution >= 0.6 is 23.2 Å². The Balaban J connectivity index is 2.17. The van der Waals surface area contributed by atoms with Gasteiger partial charge in [-0.3, -0.25) is 9.59 Å². The van der Waals surface area contributed by atoms with Crippen molar-refractivity contribution in [2.75, 3.05) is 6.54 Å². The second-order valence-electron chi connectivity index (χ2n) is 4.73. The first-order valence-electron chi connectivity index (χ1n) is 6.63. The Morgan fingerprint density at radius 1 is 1.23 bits per heavy atom. The molecule has 0 saturated carbocycles. The van der Waals surface area contributed by atoms with Gasteiger partial charge in [0.05, 0.1) is 15.6 Å². The van der Waals surface area contributed by atoms with E-state index in [0.717, 1.165) is 5.56 Å². The summed E-state index contributed by atoms with van der Waals surface area (Å²) in [4.78, 5) is 27.9. The maximum Gasteiger partial charge on any atom is 0.270 e. The van der Waals surface area contributed by atoms with Crippen molar-refractivity contribution in [1.29, 1.82) is 0 Å². The molecule has 0 bridgehead atoms. The van der Waals surface area contributed by atoms with Crippen LogP contribution in [0.5, 0.6) is 0 Å². The van der Waals surface area contributed by atoms with E-state index < -0.39 is 5.91 Å². The highest BCUT2D eigenvalue weighted by atomic mass is 35.5. The number of nitrogens with one attached hydrogen (secondary N) is 1. The van der Waals surface area contributed by atoms with Crippen LogP contribution in [0.25, 0.3) is 0 Å². The van der Waals surface area contributed by atoms with E-state index in [1.165, 1.54) is 12.3 Å². The predicted molar refractivity (Wildman–Crippen MR) is 86.2 cm³/mol. The number of primary amides is 1. The minimum Gasteiger partial charge on any atom is -0.366 e. The lowest BCUT2D eigenvalue weighted by Gasteiger charge is -2.20. The number of carbonyl (C=O) groups excluding carboxylic acids is 2. The smallest absolute Gasteiger partial charge is 0.270 e. The van der Waals surface area contributed by atoms with E-state index in [-0.39, 0.29) is 11.5 Å². The summed E-state index contributed by atoms with van der Waals surface area (Å²) in [6.45, 7) is 2.76. The van der Waals surface area contributed by atoms with E-state index in [1.807, 2.05) is 13.0 Å². The largest absolute Gasteiger partial charge is 0.366 e. The normalized spacial score (nSPS) is 10.5. The molecule has 22 heavy (non-hydrogen) atoms. The van der Waals surface area contributed by atoms with Crippen LogP contribution in [-0.4, -0.2) is 28.2 Å². The van der Waals surface area contributed by atoms with Gasteiger partial charge in [0.2, 0.25) is 5.91 Å². The molecule has 116 valence electrons. The second kappa shape index (κ2) is 6.85. The SMILES string of the molecule is CCN(Cc1ccc(Cl)c(Cl)c1)C(=O)c1cc(C(N)=O)c[nH]1. The molecule has 0 aliphatic carbocycles. The molecule has 2 amide bonds. The molecular formula is C15H15Cl2N3O2. The number of H-pyrrole nitrogens is 1. The number of aromatic amines is 1. The van der Waals surface area contributed by atoms with Gasteiger partial charge in [0, 0.05) is 19.3 Å². The van der Waals surface area contributed by atoms with Gasteiger partial charge in [-0.1, -0.05) is 29.3 Å². The average Bonchev–Trinajstić information content (AvgIpc) is 2.97. The highest BCUT2D eigenvalue weighted by Crippen LogP contribution is 2.23. The Morgan fingerprint density at radius 2 is 1.95 bits per heavy atom. The van der Waals surface area contributed by atoms with Gasteiger partial charge in [-0.2, -0.15) is 0 Å². The summed E-state index contributed by atoms with van der Waals surface area (Å²) < 4.78 is 0. The van der Waals surface area contributed by atoms with Gasteiger partial charge in [0.25, 0.3) is 5.91 Å². The lowest BCUT2D eigenvalue weighted by molar-refractivity contribution is 0.0747. The summed E-state index contributed by atoms with van der Waals surface area (Å²) in [6.07, 6.45) is 1.42. The molecule has 0 spiro atoms. The van der Waals surface area contributed by atoms with Crippen molar-refractivity contribution < 1.29 is 9.59 Å². The monoisotopic (exact) mass is 339 g/mol. The molecule has 1 heterocycles. The fraction of sp³-hybridized carbons (Fsp3) is 0.200. The highest BCUT2D eigenvalue weighted by Gasteiger charge is 2.17. The van der Waals surface area contributed by atoms with Crippen molar-refractivity contribution in [3.8, 4) is 0 Å². The van der Waals surface area contributed by atoms with Crippen LogP contribution in [-0.2, 0) is 6.54 Å². The maximum atomic E-state index is 12.5. The summed E-state index contributed by atoms with van der Waals surface area (Å²) >= 11 is 11.9. The third-order valence-corrected chi connectivity index (χ3v) is 3.96. The van der Waals surface area contributed by atoms with E-state index in [0.29, 0.717) is 28.8 Å². The standard InChI is InChI=1S/C15H15Cl2N3O2/c1-2-20(8-9-3-4-11(16)12(17)5-9)15(22)13-6-10(7-19-13)14(18)21/h3-7,19H,2,8H2,1H3,(H2,18,21). The van der Waals surface area contributed by atoms with E-state index in [4.69, 9.17) is 28.9 Å². The lowest BCUT2D eigenvalue weighted by atomic mass is 10.2. The van der Waals surface area contributed by atoms with Crippen molar-refractivity contribution in [2.24, 2.45) is 5.73 Å². The van der Waals surface area contributed by atoms with Crippen molar-refractivity contribution in [1.82, 2.24) is 9.88 Å². The van der Waals surface area contributed by atoms with Gasteiger partial charge in [-0.15, -0.1) is 0 Å². The third-order valence-electron chi connectivity index (χ3n) is 3.22. The number of nitrogens with zero attached hydrogens (tertiary/aromatic N) is 1. The number of hydrogen-bond acceptors (Lipinski definition) is 2. The minimum atomic E-state index is -0.581. The lowest BCUT2D eigenvalue weighted by Crippen LogP contribution is -2.30. The third kappa shape index (κ3) is 3.61. The zero-order chi connectivity index (χ0) is 16.3. The minimum absolute atomic E-state index is 0.221. The highest BCUT2D eigenvalue weighted by molar-refractivity contribution is 6.42. The zero-order valence-electron chi connectivity index (χ0n) is 11.9. The molecule has 0 aliphatic rings. The van der Waals surface area contributed by atoms with E-state index >= 15 is 0 Å². The van der Waals surface area contributed by atoms with Gasteiger partial charge in [-0.05, 0) is 30.7 Å². The van der Waals surface area contributed by atoms with E-state index in [2.05, 4.69) is 4.98 Å². The number of halogens is 2. The van der Waals surface area contributed by atoms with Gasteiger partial charge in [0.1, 0.15) is 5.69 Å². The molecule has 2 rings (SSSR count). The Kier molecular flexibility index (Phi) is 5.11. The number of rotatable bonds is 5. The van der Waals surface area contributed by atoms with Crippen molar-refractivity contribution in [3.05, 3.63) is 57.3 Å². The number of amides is 2. The number of benzene rings is 1. The molecule has 1 aromatic heterocycles. The first kappa shape index (κ1) is 16.4. The zero-order valence-corrected chi connectivity index (χ0v) is 13.4. The summed E-state index contributed by atoms with van der Waals surface area (Å²) in [5, 5.41) is 0.911. The summed E-state index contributed by atoms with van der Waals surface area (Å²) in [5.74, 6) is -0.802. The second-order valence-corrected chi connectivity index (χ2v) is 5.55. The summed E-state index contributed by atoms with van der Waals surface area (Å²) in [7, 11) is 0. The predicted octanol–water partition coefficient (Wildman–Crippen LogP) is 3.08. The van der Waals surface area contributed by atoms with Crippen LogP contribution in [0.4, 0.5) is 0 Å². The molecule has 0 aliphatic heterocycles. The number of nitrogens with two attached hydrogens (primary N) is 1. The quantitative estimate of drug-likeness (QED) is 0.877. The van der Waals surface area contributed by atoms with Gasteiger partial charge in [0.15, 0.2) is 0 Å². The summed E-state index contributed by atoms with van der Waals surface area (Å²) in [6, 6.07) is 6.68. The van der Waals surface area contributed by atoms with Gasteiger partial charge in [-0.25, -0.2) is 0 Å². The first-order chi connectivity index (χ1) is 10.4. The van der Waals surface area contributed by atoms with Gasteiger partial charge < -0.3 is 15.6 Å². The van der Waals surface area contributed by atoms with Crippen LogP contribution in [0.3, 0.4) is 0 Å². The molecule has 0 saturated heterocycles. The van der Waals surface area contributed by atoms with Gasteiger partial charge >= 0.3 is 0 Å². The Bertz CT molecular complexity index is 713. The van der Waals surface area contributed by atoms with E-state index in [9.17, 15) is 9.59 Å². The van der Waals surface area contributed by atoms with Crippen molar-refractivity contribution in [3.63, 3.8) is 0 Å². The van der Waals surface area contributed by atoms with Crippen molar-refractivity contribution >= 4 is 35.0 Å².